The van der Waals surface area contributed by atoms with Crippen LogP contribution in [0.4, 0.5) is 0 Å². The summed E-state index contributed by atoms with van der Waals surface area (Å²) >= 11 is 0. The summed E-state index contributed by atoms with van der Waals surface area (Å²) in [5.41, 5.74) is 0.569. The van der Waals surface area contributed by atoms with Crippen molar-refractivity contribution in [3.8, 4) is 28.6 Å². The molecule has 0 bridgehead atoms. The smallest absolute Gasteiger partial charge is 0.439 e. The number of aromatic nitrogens is 2. The number of nitrogens with zero attached hydrogens (tertiary/aromatic N) is 1. The van der Waals surface area contributed by atoms with Gasteiger partial charge in [0.2, 0.25) is 0 Å². The van der Waals surface area contributed by atoms with Crippen LogP contribution in [0.3, 0.4) is 0 Å². The molecule has 3 aromatic rings. The van der Waals surface area contributed by atoms with Gasteiger partial charge in [0, 0.05) is 5.56 Å². The Hall–Kier alpha value is -3.02. The van der Waals surface area contributed by atoms with Crippen LogP contribution in [0.15, 0.2) is 57.8 Å². The quantitative estimate of drug-likeness (QED) is 0.763. The van der Waals surface area contributed by atoms with E-state index in [1.54, 1.807) is 24.3 Å². The van der Waals surface area contributed by atoms with Crippen LogP contribution >= 0.6 is 0 Å². The molecule has 0 fully saturated rings. The van der Waals surface area contributed by atoms with E-state index in [9.17, 15) is 9.90 Å². The van der Waals surface area contributed by atoms with Gasteiger partial charge in [0.25, 0.3) is 0 Å². The number of aromatic hydroxyl groups is 1. The molecule has 2 aromatic carbocycles. The molecule has 0 spiro atoms. The maximum Gasteiger partial charge on any atom is 0.439 e. The molecule has 6 nitrogen and oxygen atoms in total. The lowest BCUT2D eigenvalue weighted by molar-refractivity contribution is 0.387. The molecule has 0 saturated carbocycles. The maximum atomic E-state index is 10.9. The zero-order valence-electron chi connectivity index (χ0n) is 10.2. The van der Waals surface area contributed by atoms with Crippen LogP contribution in [0.25, 0.3) is 11.4 Å². The van der Waals surface area contributed by atoms with Crippen molar-refractivity contribution in [2.45, 2.75) is 0 Å². The second-order valence-electron chi connectivity index (χ2n) is 4.04. The van der Waals surface area contributed by atoms with Gasteiger partial charge >= 0.3 is 5.76 Å². The number of phenolic OH excluding ortho intramolecular Hbond substituents is 1. The summed E-state index contributed by atoms with van der Waals surface area (Å²) < 4.78 is 10.0. The minimum Gasteiger partial charge on any atom is -0.504 e. The monoisotopic (exact) mass is 270 g/mol. The van der Waals surface area contributed by atoms with E-state index in [0.717, 1.165) is 0 Å². The lowest BCUT2D eigenvalue weighted by Crippen LogP contribution is -1.95. The highest BCUT2D eigenvalue weighted by Crippen LogP contribution is 2.33. The van der Waals surface area contributed by atoms with Crippen molar-refractivity contribution >= 4 is 0 Å². The molecule has 0 unspecified atom stereocenters. The van der Waals surface area contributed by atoms with Gasteiger partial charge in [-0.15, -0.1) is 0 Å². The lowest BCUT2D eigenvalue weighted by Gasteiger charge is -2.08. The standard InChI is InChI=1S/C14H10N2O4/c17-11-7-6-9(13-15-14(18)20-16-13)8-12(11)19-10-4-2-1-3-5-10/h1-8,17H,(H,15,16,18). The van der Waals surface area contributed by atoms with Gasteiger partial charge in [-0.25, -0.2) is 4.79 Å². The van der Waals surface area contributed by atoms with Crippen LogP contribution in [0.1, 0.15) is 0 Å². The van der Waals surface area contributed by atoms with E-state index >= 15 is 0 Å². The number of benzene rings is 2. The predicted molar refractivity (Wildman–Crippen MR) is 70.7 cm³/mol. The summed E-state index contributed by atoms with van der Waals surface area (Å²) in [6, 6.07) is 13.7. The first-order valence-electron chi connectivity index (χ1n) is 5.85. The highest BCUT2D eigenvalue weighted by Gasteiger charge is 2.10. The molecule has 0 aliphatic heterocycles. The number of para-hydroxylation sites is 1. The zero-order chi connectivity index (χ0) is 13.9. The molecular weight excluding hydrogens is 260 g/mol. The van der Waals surface area contributed by atoms with Crippen molar-refractivity contribution in [2.75, 3.05) is 0 Å². The van der Waals surface area contributed by atoms with Gasteiger partial charge in [-0.05, 0) is 30.3 Å². The summed E-state index contributed by atoms with van der Waals surface area (Å²) in [6.45, 7) is 0. The Labute approximate surface area is 113 Å². The summed E-state index contributed by atoms with van der Waals surface area (Å²) in [6.07, 6.45) is 0. The van der Waals surface area contributed by atoms with Crippen molar-refractivity contribution in [2.24, 2.45) is 0 Å². The minimum absolute atomic E-state index is 0.0107. The average molecular weight is 270 g/mol. The summed E-state index contributed by atoms with van der Waals surface area (Å²) in [4.78, 5) is 13.4. The molecule has 3 rings (SSSR count). The van der Waals surface area contributed by atoms with Crippen LogP contribution in [0, 0.1) is 0 Å². The predicted octanol–water partition coefficient (Wildman–Crippen LogP) is 2.53. The molecule has 6 heteroatoms. The first-order chi connectivity index (χ1) is 9.72. The van der Waals surface area contributed by atoms with Gasteiger partial charge in [-0.2, -0.15) is 0 Å². The summed E-state index contributed by atoms with van der Waals surface area (Å²) in [7, 11) is 0. The zero-order valence-corrected chi connectivity index (χ0v) is 10.2. The third kappa shape index (κ3) is 2.39. The third-order valence-electron chi connectivity index (χ3n) is 2.64. The topological polar surface area (TPSA) is 88.4 Å². The fourth-order valence-corrected chi connectivity index (χ4v) is 1.71. The molecule has 1 heterocycles. The molecule has 0 aliphatic rings. The molecule has 0 amide bonds. The van der Waals surface area contributed by atoms with Crippen molar-refractivity contribution in [1.82, 2.24) is 10.1 Å². The SMILES string of the molecule is O=c1[nH]c(-c2ccc(O)c(Oc3ccccc3)c2)no1. The Morgan fingerprint density at radius 2 is 1.95 bits per heavy atom. The number of rotatable bonds is 3. The van der Waals surface area contributed by atoms with Gasteiger partial charge in [-0.1, -0.05) is 23.4 Å². The Balaban J connectivity index is 1.97. The number of ether oxygens (including phenoxy) is 1. The molecule has 1 aromatic heterocycles. The lowest BCUT2D eigenvalue weighted by atomic mass is 10.2. The van der Waals surface area contributed by atoms with E-state index in [0.29, 0.717) is 11.3 Å². The number of nitrogens with one attached hydrogen (secondary N) is 1. The van der Waals surface area contributed by atoms with E-state index in [1.807, 2.05) is 18.2 Å². The van der Waals surface area contributed by atoms with Gasteiger partial charge in [-0.3, -0.25) is 9.51 Å². The van der Waals surface area contributed by atoms with Gasteiger partial charge in [0.15, 0.2) is 17.3 Å². The number of H-pyrrole nitrogens is 1. The fourth-order valence-electron chi connectivity index (χ4n) is 1.71. The van der Waals surface area contributed by atoms with Crippen molar-refractivity contribution < 1.29 is 14.4 Å². The third-order valence-corrected chi connectivity index (χ3v) is 2.64. The van der Waals surface area contributed by atoms with Gasteiger partial charge < -0.3 is 9.84 Å². The molecule has 0 atom stereocenters. The Morgan fingerprint density at radius 3 is 2.65 bits per heavy atom. The number of phenols is 1. The van der Waals surface area contributed by atoms with E-state index in [-0.39, 0.29) is 17.3 Å². The average Bonchev–Trinajstić information content (AvgIpc) is 2.89. The van der Waals surface area contributed by atoms with Crippen LogP contribution in [0.2, 0.25) is 0 Å². The Morgan fingerprint density at radius 1 is 1.15 bits per heavy atom. The molecular formula is C14H10N2O4. The Kier molecular flexibility index (Phi) is 2.96. The number of hydrogen-bond donors (Lipinski definition) is 2. The molecule has 2 N–H and O–H groups in total. The summed E-state index contributed by atoms with van der Waals surface area (Å²) in [5, 5.41) is 13.4. The molecule has 100 valence electrons. The van der Waals surface area contributed by atoms with Crippen LogP contribution in [0.5, 0.6) is 17.2 Å². The van der Waals surface area contributed by atoms with E-state index in [4.69, 9.17) is 4.74 Å². The van der Waals surface area contributed by atoms with Crippen molar-refractivity contribution in [3.05, 3.63) is 59.1 Å². The molecule has 0 aliphatic carbocycles. The van der Waals surface area contributed by atoms with Crippen LogP contribution in [-0.4, -0.2) is 15.2 Å². The van der Waals surface area contributed by atoms with Crippen molar-refractivity contribution in [1.29, 1.82) is 0 Å². The van der Waals surface area contributed by atoms with Crippen LogP contribution in [-0.2, 0) is 0 Å². The maximum absolute atomic E-state index is 10.9. The normalized spacial score (nSPS) is 10.4. The van der Waals surface area contributed by atoms with Gasteiger partial charge in [0.1, 0.15) is 5.75 Å². The minimum atomic E-state index is -0.640. The van der Waals surface area contributed by atoms with E-state index in [1.165, 1.54) is 6.07 Å². The van der Waals surface area contributed by atoms with Gasteiger partial charge in [0.05, 0.1) is 0 Å². The van der Waals surface area contributed by atoms with Crippen LogP contribution < -0.4 is 10.5 Å². The second kappa shape index (κ2) is 4.93. The second-order valence-corrected chi connectivity index (χ2v) is 4.04. The molecule has 0 radical (unpaired) electrons. The molecule has 0 saturated heterocycles. The highest BCUT2D eigenvalue weighted by molar-refractivity contribution is 5.60. The Bertz CT molecular complexity index is 777. The first-order valence-corrected chi connectivity index (χ1v) is 5.85. The molecule has 20 heavy (non-hydrogen) atoms. The number of aromatic amines is 1. The highest BCUT2D eigenvalue weighted by atomic mass is 16.5. The largest absolute Gasteiger partial charge is 0.504 e. The van der Waals surface area contributed by atoms with Crippen molar-refractivity contribution in [3.63, 3.8) is 0 Å². The van der Waals surface area contributed by atoms with E-state index in [2.05, 4.69) is 14.7 Å². The first kappa shape index (κ1) is 12.0. The van der Waals surface area contributed by atoms with E-state index < -0.39 is 5.76 Å². The number of hydrogen-bond acceptors (Lipinski definition) is 5. The fraction of sp³-hybridized carbons (Fsp3) is 0. The summed E-state index contributed by atoms with van der Waals surface area (Å²) in [5.74, 6) is 0.473.